The van der Waals surface area contributed by atoms with Gasteiger partial charge in [0.25, 0.3) is 0 Å². The van der Waals surface area contributed by atoms with Crippen molar-refractivity contribution in [1.29, 1.82) is 0 Å². The zero-order chi connectivity index (χ0) is 15.3. The maximum atomic E-state index is 11.8. The molecule has 110 valence electrons. The lowest BCUT2D eigenvalue weighted by Gasteiger charge is -2.17. The normalized spacial score (nSPS) is 13.3. The maximum Gasteiger partial charge on any atom is 0.144 e. The van der Waals surface area contributed by atoms with Gasteiger partial charge in [0.05, 0.1) is 6.21 Å². The third kappa shape index (κ3) is 4.92. The molecule has 0 bridgehead atoms. The Bertz CT molecular complexity index is 588. The highest BCUT2D eigenvalue weighted by Crippen LogP contribution is 2.21. The number of hydrogen-bond donors (Lipinski definition) is 0. The zero-order valence-electron chi connectivity index (χ0n) is 12.4. The summed E-state index contributed by atoms with van der Waals surface area (Å²) < 4.78 is 21.3. The zero-order valence-corrected chi connectivity index (χ0v) is 13.3. The summed E-state index contributed by atoms with van der Waals surface area (Å²) in [6, 6.07) is 17.1. The Kier molecular flexibility index (Phi) is 5.04. The summed E-state index contributed by atoms with van der Waals surface area (Å²) in [6.07, 6.45) is 1.63. The van der Waals surface area contributed by atoms with E-state index in [2.05, 4.69) is 4.40 Å². The molecule has 0 amide bonds. The predicted octanol–water partition coefficient (Wildman–Crippen LogP) is 4.36. The second-order valence-electron chi connectivity index (χ2n) is 5.58. The Morgan fingerprint density at radius 2 is 1.52 bits per heavy atom. The fourth-order valence-electron chi connectivity index (χ4n) is 1.51. The fourth-order valence-corrected chi connectivity index (χ4v) is 2.05. The average Bonchev–Trinajstić information content (AvgIpc) is 2.46. The molecule has 0 saturated heterocycles. The van der Waals surface area contributed by atoms with Gasteiger partial charge in [0.2, 0.25) is 0 Å². The van der Waals surface area contributed by atoms with Gasteiger partial charge in [0.15, 0.2) is 0 Å². The first-order chi connectivity index (χ1) is 9.95. The third-order valence-corrected chi connectivity index (χ3v) is 4.02. The van der Waals surface area contributed by atoms with Crippen LogP contribution in [0, 0.1) is 0 Å². The van der Waals surface area contributed by atoms with Crippen LogP contribution in [0.2, 0.25) is 0 Å². The van der Waals surface area contributed by atoms with Gasteiger partial charge >= 0.3 is 0 Å². The number of nitrogens with zero attached hydrogens (tertiary/aromatic N) is 1. The van der Waals surface area contributed by atoms with Crippen LogP contribution in [0.15, 0.2) is 59.0 Å². The molecule has 4 heteroatoms. The van der Waals surface area contributed by atoms with Crippen LogP contribution in [0.1, 0.15) is 26.3 Å². The molecule has 0 aromatic heterocycles. The second-order valence-corrected chi connectivity index (χ2v) is 7.51. The minimum absolute atomic E-state index is 0.340. The molecule has 0 spiro atoms. The summed E-state index contributed by atoms with van der Waals surface area (Å²) in [5.74, 6) is 1.56. The number of benzene rings is 2. The van der Waals surface area contributed by atoms with E-state index < -0.39 is 11.4 Å². The van der Waals surface area contributed by atoms with Crippen LogP contribution in [0.5, 0.6) is 11.5 Å². The van der Waals surface area contributed by atoms with E-state index in [1.807, 2.05) is 75.4 Å². The van der Waals surface area contributed by atoms with Crippen LogP contribution in [0.25, 0.3) is 0 Å². The lowest BCUT2D eigenvalue weighted by atomic mass is 10.2. The summed E-state index contributed by atoms with van der Waals surface area (Å²) in [4.78, 5) is 0. The first kappa shape index (κ1) is 15.6. The van der Waals surface area contributed by atoms with E-state index in [1.54, 1.807) is 6.21 Å². The van der Waals surface area contributed by atoms with E-state index in [0.717, 1.165) is 17.1 Å². The number of ether oxygens (including phenoxy) is 1. The van der Waals surface area contributed by atoms with Gasteiger partial charge in [0, 0.05) is 0 Å². The highest BCUT2D eigenvalue weighted by Gasteiger charge is 2.25. The SMILES string of the molecule is CC(C)(C)[S+]([O-])/N=C/c1ccc(Oc2ccccc2)cc1. The van der Waals surface area contributed by atoms with E-state index in [-0.39, 0.29) is 4.75 Å². The minimum Gasteiger partial charge on any atom is -0.591 e. The van der Waals surface area contributed by atoms with Crippen molar-refractivity contribution in [3.05, 3.63) is 60.2 Å². The van der Waals surface area contributed by atoms with Crippen LogP contribution in [-0.2, 0) is 11.4 Å². The fraction of sp³-hybridized carbons (Fsp3) is 0.235. The van der Waals surface area contributed by atoms with E-state index in [0.29, 0.717) is 0 Å². The highest BCUT2D eigenvalue weighted by atomic mass is 32.2. The Morgan fingerprint density at radius 3 is 2.10 bits per heavy atom. The Balaban J connectivity index is 2.01. The molecule has 2 aromatic carbocycles. The van der Waals surface area contributed by atoms with E-state index in [1.165, 1.54) is 0 Å². The molecule has 1 unspecified atom stereocenters. The highest BCUT2D eigenvalue weighted by molar-refractivity contribution is 7.91. The minimum atomic E-state index is -1.24. The van der Waals surface area contributed by atoms with Gasteiger partial charge in [-0.25, -0.2) is 0 Å². The summed E-state index contributed by atoms with van der Waals surface area (Å²) in [5.41, 5.74) is 0.896. The summed E-state index contributed by atoms with van der Waals surface area (Å²) in [6.45, 7) is 5.70. The quantitative estimate of drug-likeness (QED) is 0.622. The lowest BCUT2D eigenvalue weighted by Crippen LogP contribution is -2.25. The van der Waals surface area contributed by atoms with Gasteiger partial charge in [-0.1, -0.05) is 22.6 Å². The maximum absolute atomic E-state index is 11.8. The molecule has 0 saturated carbocycles. The standard InChI is InChI=1S/C17H19NO2S/c1-17(2,3)21(19)18-13-14-9-11-16(12-10-14)20-15-7-5-4-6-8-15/h4-13H,1-3H3/b18-13+. The number of para-hydroxylation sites is 1. The molecule has 2 aromatic rings. The van der Waals surface area contributed by atoms with E-state index >= 15 is 0 Å². The molecule has 0 aliphatic rings. The average molecular weight is 301 g/mol. The molecule has 21 heavy (non-hydrogen) atoms. The molecular weight excluding hydrogens is 282 g/mol. The summed E-state index contributed by atoms with van der Waals surface area (Å²) >= 11 is -1.24. The van der Waals surface area contributed by atoms with Crippen LogP contribution >= 0.6 is 0 Å². The van der Waals surface area contributed by atoms with Crippen molar-refractivity contribution in [2.45, 2.75) is 25.5 Å². The number of hydrogen-bond acceptors (Lipinski definition) is 3. The van der Waals surface area contributed by atoms with Crippen molar-refractivity contribution in [2.24, 2.45) is 4.40 Å². The molecule has 0 radical (unpaired) electrons. The molecule has 0 heterocycles. The molecule has 0 N–H and O–H groups in total. The first-order valence-electron chi connectivity index (χ1n) is 6.74. The molecule has 1 atom stereocenters. The van der Waals surface area contributed by atoms with Crippen molar-refractivity contribution in [1.82, 2.24) is 0 Å². The molecule has 0 aliphatic heterocycles. The molecule has 3 nitrogen and oxygen atoms in total. The van der Waals surface area contributed by atoms with Crippen molar-refractivity contribution >= 4 is 17.6 Å². The summed E-state index contributed by atoms with van der Waals surface area (Å²) in [7, 11) is 0. The van der Waals surface area contributed by atoms with Gasteiger partial charge in [-0.2, -0.15) is 0 Å². The first-order valence-corrected chi connectivity index (χ1v) is 7.85. The third-order valence-electron chi connectivity index (χ3n) is 2.68. The smallest absolute Gasteiger partial charge is 0.144 e. The Hall–Kier alpha value is -1.78. The monoisotopic (exact) mass is 301 g/mol. The van der Waals surface area contributed by atoms with Gasteiger partial charge in [-0.3, -0.25) is 0 Å². The largest absolute Gasteiger partial charge is 0.591 e. The Morgan fingerprint density at radius 1 is 0.952 bits per heavy atom. The van der Waals surface area contributed by atoms with Crippen molar-refractivity contribution < 1.29 is 9.29 Å². The van der Waals surface area contributed by atoms with Gasteiger partial charge in [0.1, 0.15) is 27.6 Å². The molecule has 0 fully saturated rings. The van der Waals surface area contributed by atoms with Gasteiger partial charge in [-0.15, -0.1) is 0 Å². The summed E-state index contributed by atoms with van der Waals surface area (Å²) in [5, 5.41) is 0. The van der Waals surface area contributed by atoms with Crippen LogP contribution in [0.4, 0.5) is 0 Å². The van der Waals surface area contributed by atoms with E-state index in [4.69, 9.17) is 4.74 Å². The van der Waals surface area contributed by atoms with Crippen molar-refractivity contribution in [3.8, 4) is 11.5 Å². The van der Waals surface area contributed by atoms with Crippen LogP contribution in [0.3, 0.4) is 0 Å². The molecular formula is C17H19NO2S. The Labute approximate surface area is 129 Å². The predicted molar refractivity (Wildman–Crippen MR) is 88.4 cm³/mol. The van der Waals surface area contributed by atoms with Crippen LogP contribution in [-0.4, -0.2) is 15.5 Å². The van der Waals surface area contributed by atoms with Gasteiger partial charge < -0.3 is 9.29 Å². The van der Waals surface area contributed by atoms with E-state index in [9.17, 15) is 4.55 Å². The lowest BCUT2D eigenvalue weighted by molar-refractivity contribution is 0.482. The molecule has 0 aliphatic carbocycles. The van der Waals surface area contributed by atoms with Crippen LogP contribution < -0.4 is 4.74 Å². The van der Waals surface area contributed by atoms with Crippen molar-refractivity contribution in [3.63, 3.8) is 0 Å². The molecule has 2 rings (SSSR count). The number of rotatable bonds is 4. The van der Waals surface area contributed by atoms with Crippen molar-refractivity contribution in [2.75, 3.05) is 0 Å². The topological polar surface area (TPSA) is 44.7 Å². The second kappa shape index (κ2) is 6.78. The van der Waals surface area contributed by atoms with Gasteiger partial charge in [-0.05, 0) is 62.7 Å².